The zero-order valence-corrected chi connectivity index (χ0v) is 7.16. The molecular weight excluding hydrogens is 140 g/mol. The predicted octanol–water partition coefficient (Wildman–Crippen LogP) is 1.17. The summed E-state index contributed by atoms with van der Waals surface area (Å²) in [5.74, 6) is 0.989. The highest BCUT2D eigenvalue weighted by Crippen LogP contribution is 2.30. The third-order valence-electron chi connectivity index (χ3n) is 2.83. The van der Waals surface area contributed by atoms with Crippen LogP contribution in [-0.4, -0.2) is 22.9 Å². The lowest BCUT2D eigenvalue weighted by Gasteiger charge is -2.28. The van der Waals surface area contributed by atoms with E-state index in [2.05, 4.69) is 0 Å². The molecule has 0 radical (unpaired) electrons. The molecule has 1 rings (SSSR count). The van der Waals surface area contributed by atoms with Crippen molar-refractivity contribution in [1.29, 1.82) is 0 Å². The summed E-state index contributed by atoms with van der Waals surface area (Å²) in [4.78, 5) is 0. The summed E-state index contributed by atoms with van der Waals surface area (Å²) in [7, 11) is 0. The van der Waals surface area contributed by atoms with E-state index in [9.17, 15) is 5.11 Å². The number of rotatable bonds is 2. The minimum Gasteiger partial charge on any atom is -0.396 e. The van der Waals surface area contributed by atoms with E-state index < -0.39 is 0 Å². The van der Waals surface area contributed by atoms with Gasteiger partial charge in [-0.05, 0) is 44.4 Å². The lowest BCUT2D eigenvalue weighted by Crippen LogP contribution is -2.24. The Balaban J connectivity index is 2.24. The molecule has 0 aliphatic heterocycles. The van der Waals surface area contributed by atoms with Gasteiger partial charge < -0.3 is 10.2 Å². The number of hydrogen-bond acceptors (Lipinski definition) is 2. The molecule has 0 saturated heterocycles. The van der Waals surface area contributed by atoms with Crippen LogP contribution in [0.1, 0.15) is 32.6 Å². The van der Waals surface area contributed by atoms with E-state index in [4.69, 9.17) is 5.11 Å². The van der Waals surface area contributed by atoms with E-state index in [0.29, 0.717) is 18.4 Å². The van der Waals surface area contributed by atoms with Gasteiger partial charge in [-0.1, -0.05) is 0 Å². The molecule has 1 aliphatic carbocycles. The Morgan fingerprint density at radius 3 is 2.18 bits per heavy atom. The summed E-state index contributed by atoms with van der Waals surface area (Å²) >= 11 is 0. The molecule has 0 aromatic rings. The van der Waals surface area contributed by atoms with E-state index in [1.54, 1.807) is 0 Å². The fraction of sp³-hybridized carbons (Fsp3) is 1.00. The molecule has 11 heavy (non-hydrogen) atoms. The average Bonchev–Trinajstić information content (AvgIpc) is 2.05. The normalized spacial score (nSPS) is 35.2. The van der Waals surface area contributed by atoms with Crippen molar-refractivity contribution in [3.05, 3.63) is 0 Å². The summed E-state index contributed by atoms with van der Waals surface area (Å²) in [6, 6.07) is 0. The van der Waals surface area contributed by atoms with Gasteiger partial charge in [0.25, 0.3) is 0 Å². The quantitative estimate of drug-likeness (QED) is 0.633. The maximum atomic E-state index is 9.27. The van der Waals surface area contributed by atoms with Gasteiger partial charge in [-0.3, -0.25) is 0 Å². The van der Waals surface area contributed by atoms with E-state index >= 15 is 0 Å². The highest BCUT2D eigenvalue weighted by Gasteiger charge is 2.23. The maximum Gasteiger partial charge on any atom is 0.0540 e. The molecule has 1 fully saturated rings. The van der Waals surface area contributed by atoms with E-state index in [1.807, 2.05) is 6.92 Å². The van der Waals surface area contributed by atoms with Crippen molar-refractivity contribution in [2.75, 3.05) is 6.61 Å². The minimum absolute atomic E-state index is 0.158. The molecule has 0 aromatic heterocycles. The van der Waals surface area contributed by atoms with Gasteiger partial charge in [-0.2, -0.15) is 0 Å². The first-order chi connectivity index (χ1) is 5.24. The fourth-order valence-corrected chi connectivity index (χ4v) is 1.85. The first-order valence-corrected chi connectivity index (χ1v) is 4.53. The molecule has 0 bridgehead atoms. The van der Waals surface area contributed by atoms with Crippen LogP contribution in [0.5, 0.6) is 0 Å². The molecule has 2 N–H and O–H groups in total. The molecule has 0 amide bonds. The summed E-state index contributed by atoms with van der Waals surface area (Å²) in [6.45, 7) is 2.19. The molecule has 2 nitrogen and oxygen atoms in total. The van der Waals surface area contributed by atoms with Gasteiger partial charge in [0, 0.05) is 6.61 Å². The summed E-state index contributed by atoms with van der Waals surface area (Å²) in [5.41, 5.74) is 0. The van der Waals surface area contributed by atoms with Crippen LogP contribution in [0.15, 0.2) is 0 Å². The Labute approximate surface area is 68.2 Å². The summed E-state index contributed by atoms with van der Waals surface area (Å²) in [5, 5.41) is 18.1. The van der Waals surface area contributed by atoms with E-state index in [0.717, 1.165) is 25.7 Å². The summed E-state index contributed by atoms with van der Waals surface area (Å²) < 4.78 is 0. The first kappa shape index (κ1) is 9.01. The van der Waals surface area contributed by atoms with E-state index in [1.165, 1.54) is 0 Å². The van der Waals surface area contributed by atoms with Crippen molar-refractivity contribution in [3.8, 4) is 0 Å². The van der Waals surface area contributed by atoms with Gasteiger partial charge in [0.2, 0.25) is 0 Å². The van der Waals surface area contributed by atoms with Crippen LogP contribution in [-0.2, 0) is 0 Å². The van der Waals surface area contributed by atoms with Crippen LogP contribution in [0.3, 0.4) is 0 Å². The topological polar surface area (TPSA) is 40.5 Å². The molecule has 0 spiro atoms. The Kier molecular flexibility index (Phi) is 3.34. The number of hydrogen-bond donors (Lipinski definition) is 2. The Morgan fingerprint density at radius 1 is 1.27 bits per heavy atom. The molecule has 1 saturated carbocycles. The molecule has 1 unspecified atom stereocenters. The fourth-order valence-electron chi connectivity index (χ4n) is 1.85. The lowest BCUT2D eigenvalue weighted by atomic mass is 9.80. The predicted molar refractivity (Wildman–Crippen MR) is 44.2 cm³/mol. The SMILES string of the molecule is CC(O)C1CCC(CO)CC1. The van der Waals surface area contributed by atoms with E-state index in [-0.39, 0.29) is 6.10 Å². The minimum atomic E-state index is -0.158. The lowest BCUT2D eigenvalue weighted by molar-refractivity contribution is 0.0755. The van der Waals surface area contributed by atoms with Crippen LogP contribution in [0.2, 0.25) is 0 Å². The number of aliphatic hydroxyl groups is 2. The highest BCUT2D eigenvalue weighted by molar-refractivity contribution is 4.74. The van der Waals surface area contributed by atoms with Crippen molar-refractivity contribution in [3.63, 3.8) is 0 Å². The standard InChI is InChI=1S/C9H18O2/c1-7(11)9-4-2-8(6-10)3-5-9/h7-11H,2-6H2,1H3. The second-order valence-electron chi connectivity index (χ2n) is 3.70. The molecule has 0 heterocycles. The smallest absolute Gasteiger partial charge is 0.0540 e. The first-order valence-electron chi connectivity index (χ1n) is 4.53. The molecule has 2 heteroatoms. The molecular formula is C9H18O2. The largest absolute Gasteiger partial charge is 0.396 e. The van der Waals surface area contributed by atoms with Crippen LogP contribution in [0.25, 0.3) is 0 Å². The number of aliphatic hydroxyl groups excluding tert-OH is 2. The molecule has 66 valence electrons. The zero-order valence-electron chi connectivity index (χ0n) is 7.16. The van der Waals surface area contributed by atoms with Gasteiger partial charge in [0.05, 0.1) is 6.10 Å². The molecule has 0 aromatic carbocycles. The third kappa shape index (κ3) is 2.46. The van der Waals surface area contributed by atoms with Crippen molar-refractivity contribution in [2.24, 2.45) is 11.8 Å². The van der Waals surface area contributed by atoms with Gasteiger partial charge in [-0.15, -0.1) is 0 Å². The summed E-state index contributed by atoms with van der Waals surface area (Å²) in [6.07, 6.45) is 4.19. The Morgan fingerprint density at radius 2 is 1.82 bits per heavy atom. The average molecular weight is 158 g/mol. The van der Waals surface area contributed by atoms with Gasteiger partial charge in [0.15, 0.2) is 0 Å². The monoisotopic (exact) mass is 158 g/mol. The second-order valence-corrected chi connectivity index (χ2v) is 3.70. The van der Waals surface area contributed by atoms with Crippen LogP contribution in [0.4, 0.5) is 0 Å². The second kappa shape index (κ2) is 4.07. The van der Waals surface area contributed by atoms with Crippen LogP contribution >= 0.6 is 0 Å². The van der Waals surface area contributed by atoms with Crippen LogP contribution < -0.4 is 0 Å². The van der Waals surface area contributed by atoms with Crippen molar-refractivity contribution in [1.82, 2.24) is 0 Å². The molecule has 1 aliphatic rings. The Bertz CT molecular complexity index is 104. The maximum absolute atomic E-state index is 9.27. The molecule has 1 atom stereocenters. The Hall–Kier alpha value is -0.0800. The van der Waals surface area contributed by atoms with Crippen molar-refractivity contribution < 1.29 is 10.2 Å². The van der Waals surface area contributed by atoms with Crippen molar-refractivity contribution in [2.45, 2.75) is 38.7 Å². The van der Waals surface area contributed by atoms with Crippen LogP contribution in [0, 0.1) is 11.8 Å². The van der Waals surface area contributed by atoms with Gasteiger partial charge in [0.1, 0.15) is 0 Å². The van der Waals surface area contributed by atoms with Gasteiger partial charge >= 0.3 is 0 Å². The van der Waals surface area contributed by atoms with Gasteiger partial charge in [-0.25, -0.2) is 0 Å². The zero-order chi connectivity index (χ0) is 8.27. The van der Waals surface area contributed by atoms with Crippen molar-refractivity contribution >= 4 is 0 Å². The highest BCUT2D eigenvalue weighted by atomic mass is 16.3. The third-order valence-corrected chi connectivity index (χ3v) is 2.83.